The Bertz CT molecular complexity index is 986. The molecule has 0 fully saturated rings. The van der Waals surface area contributed by atoms with Gasteiger partial charge >= 0.3 is 11.9 Å². The summed E-state index contributed by atoms with van der Waals surface area (Å²) in [6.45, 7) is 11.3. The van der Waals surface area contributed by atoms with E-state index in [0.717, 1.165) is 16.9 Å². The van der Waals surface area contributed by atoms with Crippen molar-refractivity contribution in [3.63, 3.8) is 0 Å². The van der Waals surface area contributed by atoms with Crippen molar-refractivity contribution in [3.8, 4) is 0 Å². The Balaban J connectivity index is 2.24. The molecule has 6 nitrogen and oxygen atoms in total. The second-order valence-corrected chi connectivity index (χ2v) is 8.03. The van der Waals surface area contributed by atoms with Crippen LogP contribution in [0.1, 0.15) is 63.4 Å². The van der Waals surface area contributed by atoms with Gasteiger partial charge in [-0.3, -0.25) is 4.79 Å². The van der Waals surface area contributed by atoms with Gasteiger partial charge in [0.1, 0.15) is 16.5 Å². The Labute approximate surface area is 186 Å². The average Bonchev–Trinajstić information content (AvgIpc) is 3.06. The number of esters is 2. The zero-order valence-corrected chi connectivity index (χ0v) is 19.0. The Hall–Kier alpha value is -3.19. The molecule has 31 heavy (non-hydrogen) atoms. The van der Waals surface area contributed by atoms with E-state index in [9.17, 15) is 14.4 Å². The minimum Gasteiger partial charge on any atom is -0.462 e. The second kappa shape index (κ2) is 11.3. The summed E-state index contributed by atoms with van der Waals surface area (Å²) >= 11 is 0.978. The molecule has 1 aromatic heterocycles. The molecule has 2 rings (SSSR count). The van der Waals surface area contributed by atoms with Gasteiger partial charge in [0.05, 0.1) is 12.2 Å². The van der Waals surface area contributed by atoms with Crippen LogP contribution in [0.5, 0.6) is 0 Å². The number of anilines is 1. The maximum absolute atomic E-state index is 12.5. The Kier molecular flexibility index (Phi) is 8.75. The number of rotatable bonds is 9. The van der Waals surface area contributed by atoms with Gasteiger partial charge in [0.2, 0.25) is 5.91 Å². The number of nitrogens with one attached hydrogen (secondary N) is 1. The van der Waals surface area contributed by atoms with E-state index >= 15 is 0 Å². The molecular formula is C24H27NO5S. The summed E-state index contributed by atoms with van der Waals surface area (Å²) < 4.78 is 10.2. The third-order valence-electron chi connectivity index (χ3n) is 4.41. The van der Waals surface area contributed by atoms with E-state index in [4.69, 9.17) is 9.47 Å². The first-order chi connectivity index (χ1) is 14.8. The highest BCUT2D eigenvalue weighted by Gasteiger charge is 2.27. The number of benzene rings is 1. The SMILES string of the molecule is C=CCOC(=O)c1sc(NC(=O)/C=C/c2ccc(C(C)C)cc2)c(C(=O)OCC)c1C. The van der Waals surface area contributed by atoms with Crippen LogP contribution in [0.2, 0.25) is 0 Å². The lowest BCUT2D eigenvalue weighted by atomic mass is 10.0. The van der Waals surface area contributed by atoms with Crippen molar-refractivity contribution in [2.75, 3.05) is 18.5 Å². The summed E-state index contributed by atoms with van der Waals surface area (Å²) in [6.07, 6.45) is 4.52. The van der Waals surface area contributed by atoms with E-state index < -0.39 is 17.8 Å². The third-order valence-corrected chi connectivity index (χ3v) is 5.60. The van der Waals surface area contributed by atoms with Crippen LogP contribution in [-0.2, 0) is 14.3 Å². The van der Waals surface area contributed by atoms with Crippen LogP contribution < -0.4 is 5.32 Å². The lowest BCUT2D eigenvalue weighted by molar-refractivity contribution is -0.111. The third kappa shape index (κ3) is 6.39. The number of carbonyl (C=O) groups excluding carboxylic acids is 3. The van der Waals surface area contributed by atoms with Crippen molar-refractivity contribution in [2.45, 2.75) is 33.6 Å². The van der Waals surface area contributed by atoms with E-state index in [1.54, 1.807) is 19.9 Å². The molecule has 0 aliphatic carbocycles. The Morgan fingerprint density at radius 1 is 1.13 bits per heavy atom. The predicted octanol–water partition coefficient (Wildman–Crippen LogP) is 5.35. The van der Waals surface area contributed by atoms with E-state index in [0.29, 0.717) is 11.5 Å². The van der Waals surface area contributed by atoms with Gasteiger partial charge in [-0.15, -0.1) is 11.3 Å². The first-order valence-electron chi connectivity index (χ1n) is 9.96. The highest BCUT2D eigenvalue weighted by atomic mass is 32.1. The molecule has 1 N–H and O–H groups in total. The molecule has 0 aliphatic heterocycles. The lowest BCUT2D eigenvalue weighted by Gasteiger charge is -2.06. The minimum atomic E-state index is -0.609. The summed E-state index contributed by atoms with van der Waals surface area (Å²) in [7, 11) is 0. The number of hydrogen-bond acceptors (Lipinski definition) is 6. The molecule has 0 spiro atoms. The van der Waals surface area contributed by atoms with E-state index in [-0.39, 0.29) is 28.7 Å². The zero-order valence-electron chi connectivity index (χ0n) is 18.2. The van der Waals surface area contributed by atoms with Crippen LogP contribution in [-0.4, -0.2) is 31.1 Å². The zero-order chi connectivity index (χ0) is 23.0. The first-order valence-corrected chi connectivity index (χ1v) is 10.8. The normalized spacial score (nSPS) is 10.9. The predicted molar refractivity (Wildman–Crippen MR) is 124 cm³/mol. The standard InChI is InChI=1S/C24H27NO5S/c1-6-14-30-24(28)21-16(5)20(23(27)29-7-2)22(31-21)25-19(26)13-10-17-8-11-18(12-9-17)15(3)4/h6,8-13,15H,1,7,14H2,2-5H3,(H,25,26)/b13-10+. The number of amides is 1. The van der Waals surface area contributed by atoms with Crippen LogP contribution >= 0.6 is 11.3 Å². The lowest BCUT2D eigenvalue weighted by Crippen LogP contribution is -2.13. The van der Waals surface area contributed by atoms with Gasteiger partial charge in [0, 0.05) is 6.08 Å². The van der Waals surface area contributed by atoms with Crippen LogP contribution in [0.3, 0.4) is 0 Å². The van der Waals surface area contributed by atoms with Crippen LogP contribution in [0.4, 0.5) is 5.00 Å². The molecule has 0 atom stereocenters. The highest BCUT2D eigenvalue weighted by molar-refractivity contribution is 7.18. The quantitative estimate of drug-likeness (QED) is 0.322. The van der Waals surface area contributed by atoms with Crippen LogP contribution in [0.25, 0.3) is 6.08 Å². The fraction of sp³-hybridized carbons (Fsp3) is 0.292. The van der Waals surface area contributed by atoms with Gasteiger partial charge in [-0.2, -0.15) is 0 Å². The van der Waals surface area contributed by atoms with Gasteiger partial charge < -0.3 is 14.8 Å². The summed E-state index contributed by atoms with van der Waals surface area (Å²) in [5.74, 6) is -1.19. The topological polar surface area (TPSA) is 81.7 Å². The van der Waals surface area contributed by atoms with E-state index in [1.165, 1.54) is 17.7 Å². The van der Waals surface area contributed by atoms with Gasteiger partial charge in [0.25, 0.3) is 0 Å². The number of hydrogen-bond donors (Lipinski definition) is 1. The van der Waals surface area contributed by atoms with Gasteiger partial charge in [-0.05, 0) is 42.5 Å². The minimum absolute atomic E-state index is 0.0466. The average molecular weight is 442 g/mol. The van der Waals surface area contributed by atoms with Crippen molar-refractivity contribution >= 4 is 40.3 Å². The molecule has 1 heterocycles. The highest BCUT2D eigenvalue weighted by Crippen LogP contribution is 2.34. The maximum atomic E-state index is 12.5. The van der Waals surface area contributed by atoms with Gasteiger partial charge in [-0.1, -0.05) is 50.8 Å². The number of thiophene rings is 1. The molecule has 2 aromatic rings. The molecule has 1 aromatic carbocycles. The molecular weight excluding hydrogens is 414 g/mol. The molecule has 0 bridgehead atoms. The number of carbonyl (C=O) groups is 3. The van der Waals surface area contributed by atoms with Crippen LogP contribution in [0.15, 0.2) is 43.0 Å². The van der Waals surface area contributed by atoms with Crippen molar-refractivity contribution < 1.29 is 23.9 Å². The number of ether oxygens (including phenoxy) is 2. The largest absolute Gasteiger partial charge is 0.462 e. The van der Waals surface area contributed by atoms with Crippen molar-refractivity contribution in [3.05, 3.63) is 70.1 Å². The smallest absolute Gasteiger partial charge is 0.348 e. The fourth-order valence-electron chi connectivity index (χ4n) is 2.76. The Morgan fingerprint density at radius 2 is 1.81 bits per heavy atom. The molecule has 164 valence electrons. The second-order valence-electron chi connectivity index (χ2n) is 7.01. The van der Waals surface area contributed by atoms with Gasteiger partial charge in [-0.25, -0.2) is 9.59 Å². The summed E-state index contributed by atoms with van der Waals surface area (Å²) in [5.41, 5.74) is 2.65. The fourth-order valence-corrected chi connectivity index (χ4v) is 3.85. The summed E-state index contributed by atoms with van der Waals surface area (Å²) in [6, 6.07) is 7.91. The molecule has 0 aliphatic rings. The molecule has 7 heteroatoms. The monoisotopic (exact) mass is 441 g/mol. The molecule has 0 unspecified atom stereocenters. The van der Waals surface area contributed by atoms with Crippen LogP contribution in [0, 0.1) is 6.92 Å². The van der Waals surface area contributed by atoms with Crippen molar-refractivity contribution in [1.29, 1.82) is 0 Å². The molecule has 0 radical (unpaired) electrons. The van der Waals surface area contributed by atoms with E-state index in [2.05, 4.69) is 25.7 Å². The van der Waals surface area contributed by atoms with Crippen molar-refractivity contribution in [2.24, 2.45) is 0 Å². The maximum Gasteiger partial charge on any atom is 0.348 e. The molecule has 1 amide bonds. The van der Waals surface area contributed by atoms with Gasteiger partial charge in [0.15, 0.2) is 0 Å². The Morgan fingerprint density at radius 3 is 2.39 bits per heavy atom. The molecule has 0 saturated carbocycles. The summed E-state index contributed by atoms with van der Waals surface area (Å²) in [5, 5.41) is 2.93. The first kappa shape index (κ1) is 24.1. The van der Waals surface area contributed by atoms with Crippen molar-refractivity contribution in [1.82, 2.24) is 0 Å². The molecule has 0 saturated heterocycles. The summed E-state index contributed by atoms with van der Waals surface area (Å²) in [4.78, 5) is 37.4. The van der Waals surface area contributed by atoms with E-state index in [1.807, 2.05) is 24.3 Å².